The lowest BCUT2D eigenvalue weighted by Crippen LogP contribution is -2.18. The van der Waals surface area contributed by atoms with E-state index in [1.165, 1.54) is 12.1 Å². The summed E-state index contributed by atoms with van der Waals surface area (Å²) in [5.41, 5.74) is 0.245. The van der Waals surface area contributed by atoms with Crippen molar-refractivity contribution < 1.29 is 14.3 Å². The third-order valence-corrected chi connectivity index (χ3v) is 3.31. The van der Waals surface area contributed by atoms with Gasteiger partial charge in [-0.05, 0) is 47.3 Å². The second-order valence-electron chi connectivity index (χ2n) is 4.77. The van der Waals surface area contributed by atoms with Crippen LogP contribution in [0, 0.1) is 11.7 Å². The van der Waals surface area contributed by atoms with E-state index < -0.39 is 11.8 Å². The molecule has 0 amide bonds. The van der Waals surface area contributed by atoms with Crippen LogP contribution in [-0.2, 0) is 0 Å². The Morgan fingerprint density at radius 2 is 2.06 bits per heavy atom. The molecule has 1 unspecified atom stereocenters. The van der Waals surface area contributed by atoms with E-state index in [-0.39, 0.29) is 16.1 Å². The van der Waals surface area contributed by atoms with Crippen LogP contribution in [0.15, 0.2) is 16.6 Å². The van der Waals surface area contributed by atoms with Crippen LogP contribution in [-0.4, -0.2) is 17.1 Å². The van der Waals surface area contributed by atoms with Crippen molar-refractivity contribution in [3.8, 4) is 0 Å². The standard InChI is InChI=1S/C13H17BrFNO2/c1-7(2)6-8(3)16-10-5-4-9(13(17)18)11(14)12(10)15/h4-5,7-8,16H,6H2,1-3H3,(H,17,18). The molecule has 0 aliphatic heterocycles. The van der Waals surface area contributed by atoms with Gasteiger partial charge in [0.1, 0.15) is 0 Å². The molecular formula is C13H17BrFNO2. The fraction of sp³-hybridized carbons (Fsp3) is 0.462. The lowest BCUT2D eigenvalue weighted by atomic mass is 10.0. The van der Waals surface area contributed by atoms with Crippen molar-refractivity contribution in [1.82, 2.24) is 0 Å². The summed E-state index contributed by atoms with van der Waals surface area (Å²) in [6.45, 7) is 6.16. The number of anilines is 1. The Morgan fingerprint density at radius 3 is 2.56 bits per heavy atom. The maximum Gasteiger partial charge on any atom is 0.336 e. The summed E-state index contributed by atoms with van der Waals surface area (Å²) in [6, 6.07) is 2.97. The molecule has 100 valence electrons. The Morgan fingerprint density at radius 1 is 1.44 bits per heavy atom. The van der Waals surface area contributed by atoms with Crippen molar-refractivity contribution in [2.45, 2.75) is 33.2 Å². The SMILES string of the molecule is CC(C)CC(C)Nc1ccc(C(=O)O)c(Br)c1F. The van der Waals surface area contributed by atoms with E-state index >= 15 is 0 Å². The zero-order valence-electron chi connectivity index (χ0n) is 10.6. The van der Waals surface area contributed by atoms with Gasteiger partial charge in [0.25, 0.3) is 0 Å². The van der Waals surface area contributed by atoms with Crippen molar-refractivity contribution in [1.29, 1.82) is 0 Å². The van der Waals surface area contributed by atoms with Crippen LogP contribution in [0.25, 0.3) is 0 Å². The van der Waals surface area contributed by atoms with Crippen LogP contribution in [0.2, 0.25) is 0 Å². The number of rotatable bonds is 5. The van der Waals surface area contributed by atoms with Crippen LogP contribution in [0.3, 0.4) is 0 Å². The Bertz CT molecular complexity index is 449. The van der Waals surface area contributed by atoms with E-state index in [0.717, 1.165) is 6.42 Å². The van der Waals surface area contributed by atoms with Gasteiger partial charge in [-0.25, -0.2) is 9.18 Å². The molecule has 0 radical (unpaired) electrons. The lowest BCUT2D eigenvalue weighted by Gasteiger charge is -2.18. The normalized spacial score (nSPS) is 12.6. The van der Waals surface area contributed by atoms with E-state index in [4.69, 9.17) is 5.11 Å². The van der Waals surface area contributed by atoms with Gasteiger partial charge in [-0.3, -0.25) is 0 Å². The molecule has 3 nitrogen and oxygen atoms in total. The number of aromatic carboxylic acids is 1. The molecule has 1 atom stereocenters. The molecule has 0 aromatic heterocycles. The first-order valence-electron chi connectivity index (χ1n) is 5.80. The second-order valence-corrected chi connectivity index (χ2v) is 5.56. The molecule has 0 heterocycles. The molecule has 0 aliphatic rings. The third kappa shape index (κ3) is 3.70. The summed E-state index contributed by atoms with van der Waals surface area (Å²) in [6.07, 6.45) is 0.914. The maximum absolute atomic E-state index is 13.9. The Kier molecular flexibility index (Phi) is 5.14. The number of carboxylic acid groups (broad SMARTS) is 1. The molecule has 0 spiro atoms. The van der Waals surface area contributed by atoms with E-state index in [9.17, 15) is 9.18 Å². The average Bonchev–Trinajstić information content (AvgIpc) is 2.23. The average molecular weight is 318 g/mol. The van der Waals surface area contributed by atoms with Gasteiger partial charge in [-0.2, -0.15) is 0 Å². The van der Waals surface area contributed by atoms with Gasteiger partial charge < -0.3 is 10.4 Å². The topological polar surface area (TPSA) is 49.3 Å². The van der Waals surface area contributed by atoms with Gasteiger partial charge in [-0.15, -0.1) is 0 Å². The highest BCUT2D eigenvalue weighted by Gasteiger charge is 2.17. The first-order chi connectivity index (χ1) is 8.32. The van der Waals surface area contributed by atoms with Crippen molar-refractivity contribution >= 4 is 27.6 Å². The Hall–Kier alpha value is -1.10. The molecule has 5 heteroatoms. The summed E-state index contributed by atoms with van der Waals surface area (Å²) in [4.78, 5) is 10.8. The van der Waals surface area contributed by atoms with Crippen LogP contribution in [0.4, 0.5) is 10.1 Å². The number of carboxylic acids is 1. The highest BCUT2D eigenvalue weighted by Crippen LogP contribution is 2.28. The van der Waals surface area contributed by atoms with Crippen molar-refractivity contribution in [2.24, 2.45) is 5.92 Å². The largest absolute Gasteiger partial charge is 0.478 e. The predicted molar refractivity (Wildman–Crippen MR) is 73.6 cm³/mol. The number of benzene rings is 1. The smallest absolute Gasteiger partial charge is 0.336 e. The fourth-order valence-corrected chi connectivity index (χ4v) is 2.37. The lowest BCUT2D eigenvalue weighted by molar-refractivity contribution is 0.0695. The Balaban J connectivity index is 2.92. The van der Waals surface area contributed by atoms with Crippen molar-refractivity contribution in [3.63, 3.8) is 0 Å². The van der Waals surface area contributed by atoms with E-state index in [1.54, 1.807) is 0 Å². The second kappa shape index (κ2) is 6.18. The van der Waals surface area contributed by atoms with Gasteiger partial charge >= 0.3 is 5.97 Å². The number of hydrogen-bond donors (Lipinski definition) is 2. The van der Waals surface area contributed by atoms with Crippen LogP contribution < -0.4 is 5.32 Å². The molecule has 1 aromatic rings. The third-order valence-electron chi connectivity index (χ3n) is 2.54. The van der Waals surface area contributed by atoms with Crippen LogP contribution in [0.5, 0.6) is 0 Å². The molecule has 0 bridgehead atoms. The quantitative estimate of drug-likeness (QED) is 0.858. The molecule has 0 saturated carbocycles. The van der Waals surface area contributed by atoms with Crippen molar-refractivity contribution in [3.05, 3.63) is 28.0 Å². The van der Waals surface area contributed by atoms with Crippen LogP contribution >= 0.6 is 15.9 Å². The zero-order valence-corrected chi connectivity index (χ0v) is 12.2. The van der Waals surface area contributed by atoms with Gasteiger partial charge in [0, 0.05) is 6.04 Å². The molecule has 0 aliphatic carbocycles. The number of nitrogens with one attached hydrogen (secondary N) is 1. The van der Waals surface area contributed by atoms with E-state index in [1.807, 2.05) is 6.92 Å². The Labute approximate surface area is 115 Å². The molecule has 0 fully saturated rings. The highest BCUT2D eigenvalue weighted by molar-refractivity contribution is 9.10. The summed E-state index contributed by atoms with van der Waals surface area (Å²) < 4.78 is 13.9. The highest BCUT2D eigenvalue weighted by atomic mass is 79.9. The first kappa shape index (κ1) is 15.0. The van der Waals surface area contributed by atoms with Crippen molar-refractivity contribution in [2.75, 3.05) is 5.32 Å². The van der Waals surface area contributed by atoms with Crippen LogP contribution in [0.1, 0.15) is 37.6 Å². The number of halogens is 2. The minimum absolute atomic E-state index is 0.0169. The van der Waals surface area contributed by atoms with Gasteiger partial charge in [0.2, 0.25) is 0 Å². The number of hydrogen-bond acceptors (Lipinski definition) is 2. The van der Waals surface area contributed by atoms with Gasteiger partial charge in [-0.1, -0.05) is 13.8 Å². The summed E-state index contributed by atoms with van der Waals surface area (Å²) in [5.74, 6) is -1.20. The van der Waals surface area contributed by atoms with E-state index in [2.05, 4.69) is 35.1 Å². The molecule has 1 rings (SSSR count). The molecule has 1 aromatic carbocycles. The minimum Gasteiger partial charge on any atom is -0.478 e. The first-order valence-corrected chi connectivity index (χ1v) is 6.60. The summed E-state index contributed by atoms with van der Waals surface area (Å²) >= 11 is 2.98. The summed E-state index contributed by atoms with van der Waals surface area (Å²) in [7, 11) is 0. The summed E-state index contributed by atoms with van der Waals surface area (Å²) in [5, 5.41) is 11.9. The minimum atomic E-state index is -1.15. The maximum atomic E-state index is 13.9. The fourth-order valence-electron chi connectivity index (χ4n) is 1.86. The van der Waals surface area contributed by atoms with Gasteiger partial charge in [0.15, 0.2) is 5.82 Å². The molecule has 2 N–H and O–H groups in total. The molecule has 0 saturated heterocycles. The predicted octanol–water partition coefficient (Wildman–Crippen LogP) is 4.13. The molecule has 18 heavy (non-hydrogen) atoms. The number of carbonyl (C=O) groups is 1. The molecular weight excluding hydrogens is 301 g/mol. The van der Waals surface area contributed by atoms with Gasteiger partial charge in [0.05, 0.1) is 15.7 Å². The zero-order chi connectivity index (χ0) is 13.9. The van der Waals surface area contributed by atoms with E-state index in [0.29, 0.717) is 11.6 Å². The monoisotopic (exact) mass is 317 g/mol.